The number of rotatable bonds is 5. The molecule has 0 saturated heterocycles. The predicted molar refractivity (Wildman–Crippen MR) is 44.6 cm³/mol. The number of methoxy groups -OCH3 is 1. The van der Waals surface area contributed by atoms with Crippen molar-refractivity contribution in [1.29, 1.82) is 0 Å². The van der Waals surface area contributed by atoms with E-state index in [1.807, 2.05) is 6.92 Å². The molecule has 0 radical (unpaired) electrons. The third kappa shape index (κ3) is 4.08. The van der Waals surface area contributed by atoms with Gasteiger partial charge in [-0.15, -0.1) is 0 Å². The predicted octanol–water partition coefficient (Wildman–Crippen LogP) is 0.543. The third-order valence-corrected chi connectivity index (χ3v) is 1.41. The van der Waals surface area contributed by atoms with Gasteiger partial charge in [0.25, 0.3) is 0 Å². The highest BCUT2D eigenvalue weighted by Gasteiger charge is 2.10. The molecule has 4 heteroatoms. The Balaban J connectivity index is 3.74. The van der Waals surface area contributed by atoms with Crippen LogP contribution in [0.1, 0.15) is 6.92 Å². The average Bonchev–Trinajstić information content (AvgIpc) is 2.05. The molecule has 0 amide bonds. The second kappa shape index (κ2) is 6.27. The van der Waals surface area contributed by atoms with E-state index < -0.39 is 0 Å². The molecular formula is C7H16N2O2. The van der Waals surface area contributed by atoms with E-state index in [2.05, 4.69) is 4.99 Å². The monoisotopic (exact) mass is 160 g/mol. The van der Waals surface area contributed by atoms with Crippen molar-refractivity contribution in [1.82, 2.24) is 5.06 Å². The molecule has 4 nitrogen and oxygen atoms in total. The molecule has 0 fully saturated rings. The maximum atomic E-state index is 5.09. The van der Waals surface area contributed by atoms with Crippen molar-refractivity contribution < 1.29 is 9.57 Å². The molecule has 0 heterocycles. The molecule has 0 aromatic rings. The topological polar surface area (TPSA) is 34.1 Å². The Morgan fingerprint density at radius 3 is 2.55 bits per heavy atom. The van der Waals surface area contributed by atoms with Crippen molar-refractivity contribution >= 4 is 6.21 Å². The van der Waals surface area contributed by atoms with Gasteiger partial charge in [0.2, 0.25) is 0 Å². The first-order valence-corrected chi connectivity index (χ1v) is 3.50. The van der Waals surface area contributed by atoms with E-state index in [0.29, 0.717) is 6.54 Å². The van der Waals surface area contributed by atoms with E-state index in [9.17, 15) is 0 Å². The minimum atomic E-state index is -0.101. The lowest BCUT2D eigenvalue weighted by Crippen LogP contribution is -2.34. The van der Waals surface area contributed by atoms with E-state index in [4.69, 9.17) is 9.57 Å². The molecule has 11 heavy (non-hydrogen) atoms. The van der Waals surface area contributed by atoms with E-state index in [0.717, 1.165) is 0 Å². The van der Waals surface area contributed by atoms with Crippen molar-refractivity contribution in [2.24, 2.45) is 4.99 Å². The molecular weight excluding hydrogens is 144 g/mol. The molecule has 0 bridgehead atoms. The molecule has 0 aliphatic heterocycles. The molecule has 0 N–H and O–H groups in total. The van der Waals surface area contributed by atoms with Gasteiger partial charge in [-0.1, -0.05) is 0 Å². The van der Waals surface area contributed by atoms with Crippen LogP contribution >= 0.6 is 0 Å². The van der Waals surface area contributed by atoms with E-state index in [1.54, 1.807) is 32.5 Å². The summed E-state index contributed by atoms with van der Waals surface area (Å²) in [5.74, 6) is 0. The first-order valence-electron chi connectivity index (χ1n) is 3.50. The molecule has 0 aromatic carbocycles. The van der Waals surface area contributed by atoms with Crippen LogP contribution < -0.4 is 0 Å². The van der Waals surface area contributed by atoms with Crippen LogP contribution in [0.2, 0.25) is 0 Å². The largest absolute Gasteiger partial charge is 0.362 e. The number of ether oxygens (including phenoxy) is 1. The zero-order valence-corrected chi connectivity index (χ0v) is 7.57. The Morgan fingerprint density at radius 2 is 2.18 bits per heavy atom. The molecule has 0 spiro atoms. The van der Waals surface area contributed by atoms with Crippen LogP contribution in [0.4, 0.5) is 0 Å². The van der Waals surface area contributed by atoms with Crippen molar-refractivity contribution in [3.05, 3.63) is 0 Å². The molecule has 1 atom stereocenters. The second-order valence-corrected chi connectivity index (χ2v) is 2.04. The van der Waals surface area contributed by atoms with Gasteiger partial charge in [-0.25, -0.2) is 0 Å². The normalized spacial score (nSPS) is 14.6. The zero-order chi connectivity index (χ0) is 8.69. The lowest BCUT2D eigenvalue weighted by molar-refractivity contribution is -0.208. The van der Waals surface area contributed by atoms with Crippen molar-refractivity contribution in [3.8, 4) is 0 Å². The quantitative estimate of drug-likeness (QED) is 0.334. The molecule has 0 aromatic heterocycles. The summed E-state index contributed by atoms with van der Waals surface area (Å²) in [7, 11) is 5.03. The number of nitrogens with zero attached hydrogens (tertiary/aromatic N) is 2. The molecule has 0 aliphatic carbocycles. The van der Waals surface area contributed by atoms with Gasteiger partial charge in [-0.3, -0.25) is 9.83 Å². The number of likely N-dealkylation sites (N-methyl/N-ethyl adjacent to an activating group) is 1. The first-order chi connectivity index (χ1) is 5.26. The van der Waals surface area contributed by atoms with Crippen LogP contribution in [-0.2, 0) is 9.57 Å². The van der Waals surface area contributed by atoms with Crippen molar-refractivity contribution in [3.63, 3.8) is 0 Å². The fourth-order valence-corrected chi connectivity index (χ4v) is 0.651. The summed E-state index contributed by atoms with van der Waals surface area (Å²) < 4.78 is 5.09. The Labute approximate surface area is 67.8 Å². The van der Waals surface area contributed by atoms with E-state index >= 15 is 0 Å². The van der Waals surface area contributed by atoms with Gasteiger partial charge in [-0.05, 0) is 13.1 Å². The molecule has 0 aliphatic rings. The van der Waals surface area contributed by atoms with Gasteiger partial charge >= 0.3 is 0 Å². The smallest absolute Gasteiger partial charge is 0.151 e. The van der Waals surface area contributed by atoms with Crippen molar-refractivity contribution in [2.45, 2.75) is 13.2 Å². The number of hydrogen-bond donors (Lipinski definition) is 0. The van der Waals surface area contributed by atoms with Crippen LogP contribution in [0.3, 0.4) is 0 Å². The van der Waals surface area contributed by atoms with Gasteiger partial charge in [-0.2, -0.15) is 5.06 Å². The van der Waals surface area contributed by atoms with Crippen molar-refractivity contribution in [2.75, 3.05) is 27.8 Å². The Bertz CT molecular complexity index is 117. The van der Waals surface area contributed by atoms with Crippen LogP contribution in [0.25, 0.3) is 0 Å². The Hall–Kier alpha value is -0.450. The number of hydroxylamine groups is 2. The highest BCUT2D eigenvalue weighted by molar-refractivity contribution is 5.53. The van der Waals surface area contributed by atoms with Gasteiger partial charge in [0, 0.05) is 14.2 Å². The van der Waals surface area contributed by atoms with Gasteiger partial charge < -0.3 is 4.74 Å². The summed E-state index contributed by atoms with van der Waals surface area (Å²) in [6, 6.07) is 0. The zero-order valence-electron chi connectivity index (χ0n) is 7.57. The Kier molecular flexibility index (Phi) is 6.02. The minimum absolute atomic E-state index is 0.101. The summed E-state index contributed by atoms with van der Waals surface area (Å²) in [6.45, 7) is 2.47. The summed E-state index contributed by atoms with van der Waals surface area (Å²) in [5.41, 5.74) is 0. The third-order valence-electron chi connectivity index (χ3n) is 1.41. The SMILES string of the molecule is CC=NCC(OC)N(C)OC. The second-order valence-electron chi connectivity index (χ2n) is 2.04. The Morgan fingerprint density at radius 1 is 1.55 bits per heavy atom. The maximum absolute atomic E-state index is 5.09. The standard InChI is InChI=1S/C7H16N2O2/c1-5-8-6-7(10-3)9(2)11-4/h5,7H,6H2,1-4H3. The maximum Gasteiger partial charge on any atom is 0.151 e. The van der Waals surface area contributed by atoms with Gasteiger partial charge in [0.1, 0.15) is 0 Å². The summed E-state index contributed by atoms with van der Waals surface area (Å²) in [4.78, 5) is 8.98. The molecule has 0 saturated carbocycles. The van der Waals surface area contributed by atoms with Crippen LogP contribution in [0.15, 0.2) is 4.99 Å². The van der Waals surface area contributed by atoms with Gasteiger partial charge in [0.15, 0.2) is 6.23 Å². The van der Waals surface area contributed by atoms with Crippen LogP contribution in [-0.4, -0.2) is 45.3 Å². The summed E-state index contributed by atoms with van der Waals surface area (Å²) in [6.07, 6.45) is 1.64. The molecule has 1 unspecified atom stereocenters. The van der Waals surface area contributed by atoms with Crippen LogP contribution in [0.5, 0.6) is 0 Å². The number of aliphatic imine (C=N–C) groups is 1. The summed E-state index contributed by atoms with van der Waals surface area (Å²) >= 11 is 0. The van der Waals surface area contributed by atoms with Crippen LogP contribution in [0, 0.1) is 0 Å². The lowest BCUT2D eigenvalue weighted by atomic mass is 10.5. The van der Waals surface area contributed by atoms with E-state index in [1.165, 1.54) is 0 Å². The van der Waals surface area contributed by atoms with E-state index in [-0.39, 0.29) is 6.23 Å². The molecule has 66 valence electrons. The minimum Gasteiger partial charge on any atom is -0.362 e. The summed E-state index contributed by atoms with van der Waals surface area (Å²) in [5, 5.41) is 1.62. The average molecular weight is 160 g/mol. The first kappa shape index (κ1) is 10.6. The fraction of sp³-hybridized carbons (Fsp3) is 0.857. The highest BCUT2D eigenvalue weighted by Crippen LogP contribution is 1.96. The highest BCUT2D eigenvalue weighted by atomic mass is 16.7. The number of hydrogen-bond acceptors (Lipinski definition) is 4. The molecule has 0 rings (SSSR count). The lowest BCUT2D eigenvalue weighted by Gasteiger charge is -2.22. The fourth-order valence-electron chi connectivity index (χ4n) is 0.651. The van der Waals surface area contributed by atoms with Gasteiger partial charge in [0.05, 0.1) is 13.7 Å².